The molecule has 1 aromatic heterocycles. The lowest BCUT2D eigenvalue weighted by molar-refractivity contribution is -0.137. The van der Waals surface area contributed by atoms with Gasteiger partial charge in [0.05, 0.1) is 5.56 Å². The van der Waals surface area contributed by atoms with Gasteiger partial charge in [-0.25, -0.2) is 4.39 Å². The molecule has 0 spiro atoms. The molecule has 0 saturated heterocycles. The number of halogens is 4. The molecular weight excluding hydrogens is 364 g/mol. The normalized spacial score (nSPS) is 11.3. The maximum Gasteiger partial charge on any atom is 0.418 e. The standard InChI is InChI=1S/C19H12F4N2O2/c20-12-5-7-13(8-6-12)27-16-9-11(19(21,22)23)10-25-17(16)14-3-1-2-4-15(14)18(24)26/h1-10H,(H2,24,26). The number of hydrogen-bond acceptors (Lipinski definition) is 3. The highest BCUT2D eigenvalue weighted by Gasteiger charge is 2.32. The first-order valence-corrected chi connectivity index (χ1v) is 7.65. The number of aromatic nitrogens is 1. The molecule has 0 aliphatic carbocycles. The third-order valence-electron chi connectivity index (χ3n) is 3.67. The van der Waals surface area contributed by atoms with Crippen LogP contribution in [0.1, 0.15) is 15.9 Å². The van der Waals surface area contributed by atoms with Crippen molar-refractivity contribution in [2.45, 2.75) is 6.18 Å². The summed E-state index contributed by atoms with van der Waals surface area (Å²) in [5, 5.41) is 0. The van der Waals surface area contributed by atoms with Crippen molar-refractivity contribution in [1.29, 1.82) is 0 Å². The highest BCUT2D eigenvalue weighted by atomic mass is 19.4. The number of benzene rings is 2. The van der Waals surface area contributed by atoms with Crippen LogP contribution in [0.15, 0.2) is 60.8 Å². The van der Waals surface area contributed by atoms with Crippen LogP contribution >= 0.6 is 0 Å². The van der Waals surface area contributed by atoms with Crippen molar-refractivity contribution in [3.05, 3.63) is 77.7 Å². The molecule has 3 rings (SSSR count). The largest absolute Gasteiger partial charge is 0.455 e. The van der Waals surface area contributed by atoms with E-state index in [9.17, 15) is 22.4 Å². The SMILES string of the molecule is NC(=O)c1ccccc1-c1ncc(C(F)(F)F)cc1Oc1ccc(F)cc1. The Hall–Kier alpha value is -3.42. The molecule has 3 aromatic rings. The Balaban J connectivity index is 2.16. The van der Waals surface area contributed by atoms with Crippen molar-refractivity contribution >= 4 is 5.91 Å². The molecule has 138 valence electrons. The summed E-state index contributed by atoms with van der Waals surface area (Å²) >= 11 is 0. The Kier molecular flexibility index (Phi) is 4.81. The molecule has 8 heteroatoms. The molecule has 0 bridgehead atoms. The highest BCUT2D eigenvalue weighted by Crippen LogP contribution is 2.38. The topological polar surface area (TPSA) is 65.2 Å². The number of carbonyl (C=O) groups is 1. The number of hydrogen-bond donors (Lipinski definition) is 1. The minimum atomic E-state index is -4.64. The van der Waals surface area contributed by atoms with Crippen LogP contribution in [0.5, 0.6) is 11.5 Å². The smallest absolute Gasteiger partial charge is 0.418 e. The molecular formula is C19H12F4N2O2. The molecule has 0 saturated carbocycles. The fourth-order valence-corrected chi connectivity index (χ4v) is 2.41. The number of primary amides is 1. The minimum absolute atomic E-state index is 0.00160. The molecule has 1 heterocycles. The molecule has 27 heavy (non-hydrogen) atoms. The zero-order valence-electron chi connectivity index (χ0n) is 13.6. The van der Waals surface area contributed by atoms with Crippen LogP contribution in [0.25, 0.3) is 11.3 Å². The van der Waals surface area contributed by atoms with Gasteiger partial charge in [0.15, 0.2) is 5.75 Å². The third-order valence-corrected chi connectivity index (χ3v) is 3.67. The number of alkyl halides is 3. The van der Waals surface area contributed by atoms with Crippen molar-refractivity contribution in [1.82, 2.24) is 4.98 Å². The molecule has 4 nitrogen and oxygen atoms in total. The number of ether oxygens (including phenoxy) is 1. The summed E-state index contributed by atoms with van der Waals surface area (Å²) < 4.78 is 57.8. The predicted molar refractivity (Wildman–Crippen MR) is 89.7 cm³/mol. The summed E-state index contributed by atoms with van der Waals surface area (Å²) in [6.07, 6.45) is -4.00. The van der Waals surface area contributed by atoms with Crippen molar-refractivity contribution in [3.8, 4) is 22.8 Å². The first kappa shape index (κ1) is 18.4. The van der Waals surface area contributed by atoms with E-state index in [0.717, 1.165) is 18.2 Å². The van der Waals surface area contributed by atoms with Crippen LogP contribution in [0, 0.1) is 5.82 Å². The van der Waals surface area contributed by atoms with Crippen LogP contribution in [0.2, 0.25) is 0 Å². The van der Waals surface area contributed by atoms with Crippen molar-refractivity contribution in [3.63, 3.8) is 0 Å². The first-order valence-electron chi connectivity index (χ1n) is 7.65. The fourth-order valence-electron chi connectivity index (χ4n) is 2.41. The number of nitrogens with two attached hydrogens (primary N) is 1. The van der Waals surface area contributed by atoms with Gasteiger partial charge in [-0.2, -0.15) is 13.2 Å². The number of pyridine rings is 1. The number of rotatable bonds is 4. The second kappa shape index (κ2) is 7.06. The lowest BCUT2D eigenvalue weighted by atomic mass is 10.0. The Morgan fingerprint density at radius 2 is 1.70 bits per heavy atom. The Bertz CT molecular complexity index is 986. The lowest BCUT2D eigenvalue weighted by Gasteiger charge is -2.15. The molecule has 2 aromatic carbocycles. The second-order valence-corrected chi connectivity index (χ2v) is 5.53. The summed E-state index contributed by atoms with van der Waals surface area (Å²) in [6, 6.07) is 11.6. The van der Waals surface area contributed by atoms with Crippen molar-refractivity contribution in [2.75, 3.05) is 0 Å². The molecule has 0 aliphatic rings. The lowest BCUT2D eigenvalue weighted by Crippen LogP contribution is -2.13. The van der Waals surface area contributed by atoms with Crippen LogP contribution in [0.4, 0.5) is 17.6 Å². The van der Waals surface area contributed by atoms with E-state index in [4.69, 9.17) is 10.5 Å². The van der Waals surface area contributed by atoms with E-state index in [0.29, 0.717) is 6.20 Å². The van der Waals surface area contributed by atoms with E-state index in [1.54, 1.807) is 12.1 Å². The summed E-state index contributed by atoms with van der Waals surface area (Å²) in [5.41, 5.74) is 4.61. The Morgan fingerprint density at radius 3 is 2.33 bits per heavy atom. The van der Waals surface area contributed by atoms with Gasteiger partial charge in [0.2, 0.25) is 5.91 Å². The molecule has 2 N–H and O–H groups in total. The van der Waals surface area contributed by atoms with Gasteiger partial charge in [0.25, 0.3) is 0 Å². The quantitative estimate of drug-likeness (QED) is 0.666. The van der Waals surface area contributed by atoms with Gasteiger partial charge in [-0.1, -0.05) is 18.2 Å². The van der Waals surface area contributed by atoms with E-state index in [2.05, 4.69) is 4.98 Å². The Labute approximate surface area is 151 Å². The monoisotopic (exact) mass is 376 g/mol. The maximum absolute atomic E-state index is 13.1. The van der Waals surface area contributed by atoms with Gasteiger partial charge < -0.3 is 10.5 Å². The third kappa shape index (κ3) is 4.05. The van der Waals surface area contributed by atoms with Crippen LogP contribution in [-0.2, 0) is 6.18 Å². The van der Waals surface area contributed by atoms with Crippen molar-refractivity contribution in [2.24, 2.45) is 5.73 Å². The molecule has 1 amide bonds. The van der Waals surface area contributed by atoms with Gasteiger partial charge in [0.1, 0.15) is 17.3 Å². The highest BCUT2D eigenvalue weighted by molar-refractivity contribution is 6.00. The van der Waals surface area contributed by atoms with Crippen LogP contribution in [0.3, 0.4) is 0 Å². The zero-order chi connectivity index (χ0) is 19.6. The average Bonchev–Trinajstić information content (AvgIpc) is 2.63. The average molecular weight is 376 g/mol. The zero-order valence-corrected chi connectivity index (χ0v) is 13.6. The summed E-state index contributed by atoms with van der Waals surface area (Å²) in [5.74, 6) is -1.43. The van der Waals surface area contributed by atoms with E-state index in [1.165, 1.54) is 24.3 Å². The summed E-state index contributed by atoms with van der Waals surface area (Å²) in [4.78, 5) is 15.5. The van der Waals surface area contributed by atoms with Gasteiger partial charge >= 0.3 is 6.18 Å². The van der Waals surface area contributed by atoms with Crippen LogP contribution in [-0.4, -0.2) is 10.9 Å². The first-order chi connectivity index (χ1) is 12.8. The molecule has 0 fully saturated rings. The van der Waals surface area contributed by atoms with E-state index in [-0.39, 0.29) is 28.3 Å². The van der Waals surface area contributed by atoms with Gasteiger partial charge in [-0.15, -0.1) is 0 Å². The fraction of sp³-hybridized carbons (Fsp3) is 0.0526. The van der Waals surface area contributed by atoms with Gasteiger partial charge in [-0.3, -0.25) is 9.78 Å². The van der Waals surface area contributed by atoms with Crippen molar-refractivity contribution < 1.29 is 27.1 Å². The van der Waals surface area contributed by atoms with Gasteiger partial charge in [0, 0.05) is 17.3 Å². The summed E-state index contributed by atoms with van der Waals surface area (Å²) in [6.45, 7) is 0. The van der Waals surface area contributed by atoms with E-state index in [1.807, 2.05) is 0 Å². The second-order valence-electron chi connectivity index (χ2n) is 5.53. The Morgan fingerprint density at radius 1 is 1.04 bits per heavy atom. The minimum Gasteiger partial charge on any atom is -0.455 e. The van der Waals surface area contributed by atoms with Crippen LogP contribution < -0.4 is 10.5 Å². The summed E-state index contributed by atoms with van der Waals surface area (Å²) in [7, 11) is 0. The molecule has 0 unspecified atom stereocenters. The predicted octanol–water partition coefficient (Wildman–Crippen LogP) is 4.80. The van der Waals surface area contributed by atoms with Gasteiger partial charge in [-0.05, 0) is 36.4 Å². The van der Waals surface area contributed by atoms with E-state index < -0.39 is 23.5 Å². The molecule has 0 aliphatic heterocycles. The molecule has 0 radical (unpaired) electrons. The number of carbonyl (C=O) groups excluding carboxylic acids is 1. The number of nitrogens with zero attached hydrogens (tertiary/aromatic N) is 1. The maximum atomic E-state index is 13.1. The van der Waals surface area contributed by atoms with E-state index >= 15 is 0 Å². The molecule has 0 atom stereocenters. The number of amides is 1.